The molecule has 2 aromatic carbocycles. The van der Waals surface area contributed by atoms with E-state index in [9.17, 15) is 9.18 Å². The van der Waals surface area contributed by atoms with Crippen molar-refractivity contribution in [1.82, 2.24) is 19.7 Å². The van der Waals surface area contributed by atoms with E-state index in [1.54, 1.807) is 22.0 Å². The van der Waals surface area contributed by atoms with Gasteiger partial charge in [0, 0.05) is 18.2 Å². The van der Waals surface area contributed by atoms with Gasteiger partial charge in [-0.1, -0.05) is 17.7 Å². The maximum Gasteiger partial charge on any atom is 0.246 e. The molecule has 0 aliphatic carbocycles. The van der Waals surface area contributed by atoms with Crippen LogP contribution in [0.15, 0.2) is 61.2 Å². The molecule has 1 aliphatic heterocycles. The average molecular weight is 443 g/mol. The van der Waals surface area contributed by atoms with E-state index in [0.29, 0.717) is 32.1 Å². The van der Waals surface area contributed by atoms with Gasteiger partial charge in [0.1, 0.15) is 36.9 Å². The number of nitrogens with zero attached hydrogens (tertiary/aromatic N) is 4. The van der Waals surface area contributed by atoms with E-state index in [1.807, 2.05) is 24.3 Å². The van der Waals surface area contributed by atoms with E-state index in [2.05, 4.69) is 10.1 Å². The third kappa shape index (κ3) is 5.28. The molecule has 31 heavy (non-hydrogen) atoms. The molecule has 0 saturated carbocycles. The number of aromatic nitrogens is 3. The molecule has 1 aliphatic rings. The summed E-state index contributed by atoms with van der Waals surface area (Å²) in [6.07, 6.45) is 5.55. The third-order valence-electron chi connectivity index (χ3n) is 4.80. The Labute approximate surface area is 183 Å². The molecular weight excluding hydrogens is 423 g/mol. The zero-order chi connectivity index (χ0) is 21.6. The van der Waals surface area contributed by atoms with Crippen LogP contribution >= 0.6 is 11.6 Å². The second-order valence-electron chi connectivity index (χ2n) is 6.89. The predicted molar refractivity (Wildman–Crippen MR) is 114 cm³/mol. The average Bonchev–Trinajstić information content (AvgIpc) is 3.33. The van der Waals surface area contributed by atoms with Crippen molar-refractivity contribution >= 4 is 23.6 Å². The molecule has 2 heterocycles. The zero-order valence-electron chi connectivity index (χ0n) is 16.5. The zero-order valence-corrected chi connectivity index (χ0v) is 17.3. The minimum absolute atomic E-state index is 0.194. The van der Waals surface area contributed by atoms with Crippen molar-refractivity contribution in [2.24, 2.45) is 0 Å². The highest BCUT2D eigenvalue weighted by Gasteiger charge is 2.23. The summed E-state index contributed by atoms with van der Waals surface area (Å²) in [5.41, 5.74) is 1.07. The van der Waals surface area contributed by atoms with E-state index in [1.165, 1.54) is 30.6 Å². The van der Waals surface area contributed by atoms with Crippen LogP contribution in [-0.4, -0.2) is 58.0 Å². The first-order valence-corrected chi connectivity index (χ1v) is 10.1. The van der Waals surface area contributed by atoms with Crippen molar-refractivity contribution in [1.29, 1.82) is 0 Å². The number of halogens is 2. The Balaban J connectivity index is 1.31. The van der Waals surface area contributed by atoms with Crippen LogP contribution in [0.1, 0.15) is 5.56 Å². The second-order valence-corrected chi connectivity index (χ2v) is 7.30. The van der Waals surface area contributed by atoms with E-state index in [4.69, 9.17) is 21.1 Å². The smallest absolute Gasteiger partial charge is 0.246 e. The molecule has 9 heteroatoms. The fraction of sp³-hybridized carbons (Fsp3) is 0.227. The summed E-state index contributed by atoms with van der Waals surface area (Å²) in [5.74, 6) is -0.0190. The Morgan fingerprint density at radius 3 is 2.87 bits per heavy atom. The molecule has 1 unspecified atom stereocenters. The van der Waals surface area contributed by atoms with E-state index in [0.717, 1.165) is 5.69 Å². The number of ether oxygens (including phenoxy) is 2. The normalized spacial score (nSPS) is 16.6. The quantitative estimate of drug-likeness (QED) is 0.547. The summed E-state index contributed by atoms with van der Waals surface area (Å²) in [7, 11) is 0. The number of benzene rings is 2. The van der Waals surface area contributed by atoms with Crippen LogP contribution in [-0.2, 0) is 9.53 Å². The standard InChI is InChI=1S/C22H20ClFN4O3/c23-20-2-1-3-21(24)19(20)8-9-22(29)27-10-11-30-18(12-27)13-31-17-6-4-16(5-7-17)28-15-25-14-26-28/h1-9,14-15,18H,10-13H2/b9-8+. The summed E-state index contributed by atoms with van der Waals surface area (Å²) in [6.45, 7) is 1.54. The molecule has 3 aromatic rings. The van der Waals surface area contributed by atoms with Gasteiger partial charge in [-0.25, -0.2) is 14.1 Å². The van der Waals surface area contributed by atoms with Crippen LogP contribution in [0.3, 0.4) is 0 Å². The molecule has 1 atom stereocenters. The summed E-state index contributed by atoms with van der Waals surface area (Å²) in [5, 5.41) is 4.33. The van der Waals surface area contributed by atoms with Gasteiger partial charge in [0.05, 0.1) is 23.9 Å². The van der Waals surface area contributed by atoms with Gasteiger partial charge in [0.2, 0.25) is 5.91 Å². The molecule has 0 radical (unpaired) electrons. The van der Waals surface area contributed by atoms with Gasteiger partial charge in [-0.15, -0.1) is 0 Å². The molecular formula is C22H20ClFN4O3. The molecule has 160 valence electrons. The molecule has 7 nitrogen and oxygen atoms in total. The Hall–Kier alpha value is -3.23. The minimum atomic E-state index is -0.473. The Kier molecular flexibility index (Phi) is 6.59. The first-order chi connectivity index (χ1) is 15.1. The van der Waals surface area contributed by atoms with Crippen molar-refractivity contribution < 1.29 is 18.7 Å². The maximum absolute atomic E-state index is 13.9. The molecule has 1 fully saturated rings. The first-order valence-electron chi connectivity index (χ1n) is 9.70. The summed E-state index contributed by atoms with van der Waals surface area (Å²) in [6, 6.07) is 11.8. The van der Waals surface area contributed by atoms with Gasteiger partial charge >= 0.3 is 0 Å². The summed E-state index contributed by atoms with van der Waals surface area (Å²) in [4.78, 5) is 18.1. The number of rotatable bonds is 6. The number of hydrogen-bond acceptors (Lipinski definition) is 5. The molecule has 1 aromatic heterocycles. The highest BCUT2D eigenvalue weighted by Crippen LogP contribution is 2.21. The van der Waals surface area contributed by atoms with Gasteiger partial charge in [-0.2, -0.15) is 5.10 Å². The largest absolute Gasteiger partial charge is 0.491 e. The van der Waals surface area contributed by atoms with Crippen LogP contribution in [0.5, 0.6) is 5.75 Å². The number of amides is 1. The van der Waals surface area contributed by atoms with Crippen molar-refractivity contribution in [2.75, 3.05) is 26.3 Å². The van der Waals surface area contributed by atoms with Crippen LogP contribution in [0.4, 0.5) is 4.39 Å². The molecule has 1 saturated heterocycles. The van der Waals surface area contributed by atoms with Gasteiger partial charge in [-0.3, -0.25) is 4.79 Å². The summed E-state index contributed by atoms with van der Waals surface area (Å²) >= 11 is 6.00. The Morgan fingerprint density at radius 2 is 2.13 bits per heavy atom. The van der Waals surface area contributed by atoms with Gasteiger partial charge in [-0.05, 0) is 42.5 Å². The monoisotopic (exact) mass is 442 g/mol. The lowest BCUT2D eigenvalue weighted by Crippen LogP contribution is -2.47. The molecule has 4 rings (SSSR count). The highest BCUT2D eigenvalue weighted by molar-refractivity contribution is 6.32. The predicted octanol–water partition coefficient (Wildman–Crippen LogP) is 3.38. The van der Waals surface area contributed by atoms with Crippen molar-refractivity contribution in [3.63, 3.8) is 0 Å². The lowest BCUT2D eigenvalue weighted by Gasteiger charge is -2.32. The Bertz CT molecular complexity index is 1040. The van der Waals surface area contributed by atoms with E-state index >= 15 is 0 Å². The van der Waals surface area contributed by atoms with Crippen LogP contribution in [0, 0.1) is 5.82 Å². The highest BCUT2D eigenvalue weighted by atomic mass is 35.5. The number of carbonyl (C=O) groups excluding carboxylic acids is 1. The molecule has 0 spiro atoms. The second kappa shape index (κ2) is 9.72. The summed E-state index contributed by atoms with van der Waals surface area (Å²) < 4.78 is 27.0. The third-order valence-corrected chi connectivity index (χ3v) is 5.13. The Morgan fingerprint density at radius 1 is 1.29 bits per heavy atom. The van der Waals surface area contributed by atoms with Gasteiger partial charge in [0.25, 0.3) is 0 Å². The number of hydrogen-bond donors (Lipinski definition) is 0. The van der Waals surface area contributed by atoms with Crippen LogP contribution in [0.25, 0.3) is 11.8 Å². The van der Waals surface area contributed by atoms with Crippen molar-refractivity contribution in [3.05, 3.63) is 77.6 Å². The fourth-order valence-electron chi connectivity index (χ4n) is 3.18. The maximum atomic E-state index is 13.9. The van der Waals surface area contributed by atoms with Crippen molar-refractivity contribution in [3.8, 4) is 11.4 Å². The minimum Gasteiger partial charge on any atom is -0.491 e. The van der Waals surface area contributed by atoms with Gasteiger partial charge < -0.3 is 14.4 Å². The topological polar surface area (TPSA) is 69.5 Å². The molecule has 1 amide bonds. The van der Waals surface area contributed by atoms with Crippen LogP contribution in [0.2, 0.25) is 5.02 Å². The van der Waals surface area contributed by atoms with Gasteiger partial charge in [0.15, 0.2) is 0 Å². The van der Waals surface area contributed by atoms with E-state index < -0.39 is 5.82 Å². The lowest BCUT2D eigenvalue weighted by atomic mass is 10.2. The van der Waals surface area contributed by atoms with Crippen LogP contribution < -0.4 is 4.74 Å². The molecule has 0 N–H and O–H groups in total. The van der Waals surface area contributed by atoms with E-state index in [-0.39, 0.29) is 22.6 Å². The molecule has 0 bridgehead atoms. The lowest BCUT2D eigenvalue weighted by molar-refractivity contribution is -0.134. The van der Waals surface area contributed by atoms with Crippen molar-refractivity contribution in [2.45, 2.75) is 6.10 Å². The first kappa shape index (κ1) is 21.0. The fourth-order valence-corrected chi connectivity index (χ4v) is 3.40. The number of morpholine rings is 1. The number of carbonyl (C=O) groups is 1. The SMILES string of the molecule is O=C(/C=C/c1c(F)cccc1Cl)N1CCOC(COc2ccc(-n3cncn3)cc2)C1.